The van der Waals surface area contributed by atoms with E-state index in [1.165, 1.54) is 5.56 Å². The Hall–Kier alpha value is -2.38. The van der Waals surface area contributed by atoms with Crippen molar-refractivity contribution in [3.05, 3.63) is 79.5 Å². The molecule has 0 bridgehead atoms. The fourth-order valence-corrected chi connectivity index (χ4v) is 4.43. The minimum absolute atomic E-state index is 0.0462. The molecule has 7 heteroatoms. The number of aromatic nitrogens is 1. The summed E-state index contributed by atoms with van der Waals surface area (Å²) in [6, 6.07) is 13.5. The van der Waals surface area contributed by atoms with Crippen LogP contribution in [0.4, 0.5) is 0 Å². The molecule has 0 aliphatic rings. The Balaban J connectivity index is 1.83. The van der Waals surface area contributed by atoms with E-state index in [4.69, 9.17) is 0 Å². The van der Waals surface area contributed by atoms with Gasteiger partial charge in [-0.25, -0.2) is 5.43 Å². The third kappa shape index (κ3) is 4.46. The summed E-state index contributed by atoms with van der Waals surface area (Å²) in [7, 11) is 0. The second kappa shape index (κ2) is 8.97. The summed E-state index contributed by atoms with van der Waals surface area (Å²) in [5.41, 5.74) is 8.43. The highest BCUT2D eigenvalue weighted by atomic mass is 79.9. The number of amides is 1. The number of halogens is 2. The summed E-state index contributed by atoms with van der Waals surface area (Å²) in [5, 5.41) is 13.9. The van der Waals surface area contributed by atoms with Gasteiger partial charge in [-0.15, -0.1) is 0 Å². The predicted molar refractivity (Wildman–Crippen MR) is 123 cm³/mol. The summed E-state index contributed by atoms with van der Waals surface area (Å²) < 4.78 is 3.06. The molecular weight excluding hydrogens is 498 g/mol. The molecule has 0 aliphatic carbocycles. The monoisotopic (exact) mass is 517 g/mol. The highest BCUT2D eigenvalue weighted by molar-refractivity contribution is 9.11. The van der Waals surface area contributed by atoms with Crippen molar-refractivity contribution >= 4 is 44.0 Å². The highest BCUT2D eigenvalue weighted by Gasteiger charge is 2.13. The maximum Gasteiger partial charge on any atom is 0.271 e. The molecular formula is C22H21Br2N3O2. The molecule has 0 atom stereocenters. The van der Waals surface area contributed by atoms with Gasteiger partial charge in [-0.3, -0.25) is 4.79 Å². The Kier molecular flexibility index (Phi) is 6.59. The van der Waals surface area contributed by atoms with Crippen molar-refractivity contribution in [2.24, 2.45) is 5.10 Å². The number of aryl methyl sites for hydroxylation is 2. The third-order valence-corrected chi connectivity index (χ3v) is 5.94. The van der Waals surface area contributed by atoms with Gasteiger partial charge in [0.2, 0.25) is 0 Å². The Morgan fingerprint density at radius 1 is 1.17 bits per heavy atom. The lowest BCUT2D eigenvalue weighted by Crippen LogP contribution is -2.17. The molecule has 1 heterocycles. The van der Waals surface area contributed by atoms with Gasteiger partial charge in [0.15, 0.2) is 0 Å². The minimum Gasteiger partial charge on any atom is -0.506 e. The van der Waals surface area contributed by atoms with Crippen LogP contribution < -0.4 is 5.43 Å². The molecule has 3 rings (SSSR count). The quantitative estimate of drug-likeness (QED) is 0.338. The zero-order valence-corrected chi connectivity index (χ0v) is 19.5. The van der Waals surface area contributed by atoms with Crippen molar-refractivity contribution in [3.8, 4) is 11.4 Å². The topological polar surface area (TPSA) is 66.6 Å². The molecule has 150 valence electrons. The number of aromatic hydroxyl groups is 1. The minimum atomic E-state index is -0.368. The maximum absolute atomic E-state index is 12.4. The lowest BCUT2D eigenvalue weighted by molar-refractivity contribution is 0.0955. The summed E-state index contributed by atoms with van der Waals surface area (Å²) in [5.74, 6) is -0.322. The molecule has 0 fully saturated rings. The first kappa shape index (κ1) is 21.3. The van der Waals surface area contributed by atoms with E-state index < -0.39 is 0 Å². The number of hydrogen-bond acceptors (Lipinski definition) is 3. The number of hydrazone groups is 1. The van der Waals surface area contributed by atoms with Crippen LogP contribution >= 0.6 is 31.9 Å². The molecule has 2 N–H and O–H groups in total. The largest absolute Gasteiger partial charge is 0.506 e. The van der Waals surface area contributed by atoms with Gasteiger partial charge in [-0.1, -0.05) is 25.1 Å². The lowest BCUT2D eigenvalue weighted by atomic mass is 10.1. The first-order chi connectivity index (χ1) is 13.8. The zero-order valence-electron chi connectivity index (χ0n) is 16.3. The summed E-state index contributed by atoms with van der Waals surface area (Å²) in [6.07, 6.45) is 2.60. The molecule has 2 aromatic carbocycles. The van der Waals surface area contributed by atoms with Gasteiger partial charge in [0.1, 0.15) is 5.75 Å². The second-order valence-electron chi connectivity index (χ2n) is 6.63. The fourth-order valence-electron chi connectivity index (χ4n) is 3.24. The maximum atomic E-state index is 12.4. The van der Waals surface area contributed by atoms with Gasteiger partial charge < -0.3 is 9.67 Å². The zero-order chi connectivity index (χ0) is 21.1. The van der Waals surface area contributed by atoms with Gasteiger partial charge in [0, 0.05) is 28.2 Å². The standard InChI is InChI=1S/C22H21Br2N3O2/c1-4-15-7-5-6-8-20(15)27-13(2)9-17(14(27)3)12-25-26-22(29)16-10-18(23)21(28)19(24)11-16/h5-12,28H,4H2,1-3H3,(H,26,29)/b25-12-. The number of phenols is 1. The smallest absolute Gasteiger partial charge is 0.271 e. The average Bonchev–Trinajstić information content (AvgIpc) is 2.98. The predicted octanol–water partition coefficient (Wildman–Crippen LogP) is 5.65. The number of hydrogen-bond donors (Lipinski definition) is 2. The van der Waals surface area contributed by atoms with E-state index in [2.05, 4.69) is 79.0 Å². The van der Waals surface area contributed by atoms with E-state index in [9.17, 15) is 9.90 Å². The van der Waals surface area contributed by atoms with Crippen LogP contribution in [0.25, 0.3) is 5.69 Å². The number of nitrogens with one attached hydrogen (secondary N) is 1. The molecule has 0 unspecified atom stereocenters. The van der Waals surface area contributed by atoms with Gasteiger partial charge in [0.25, 0.3) is 5.91 Å². The lowest BCUT2D eigenvalue weighted by Gasteiger charge is -2.13. The molecule has 1 amide bonds. The van der Waals surface area contributed by atoms with Crippen molar-refractivity contribution in [2.45, 2.75) is 27.2 Å². The first-order valence-electron chi connectivity index (χ1n) is 9.12. The van der Waals surface area contributed by atoms with E-state index in [0.717, 1.165) is 29.1 Å². The van der Waals surface area contributed by atoms with Gasteiger partial charge >= 0.3 is 0 Å². The Bertz CT molecular complexity index is 1080. The van der Waals surface area contributed by atoms with Crippen LogP contribution in [0.3, 0.4) is 0 Å². The first-order valence-corrected chi connectivity index (χ1v) is 10.7. The van der Waals surface area contributed by atoms with E-state index in [0.29, 0.717) is 14.5 Å². The van der Waals surface area contributed by atoms with E-state index in [-0.39, 0.29) is 11.7 Å². The van der Waals surface area contributed by atoms with Crippen LogP contribution in [0.2, 0.25) is 0 Å². The molecule has 0 saturated heterocycles. The summed E-state index contributed by atoms with van der Waals surface area (Å²) in [4.78, 5) is 12.4. The molecule has 0 spiro atoms. The number of phenolic OH excluding ortho intramolecular Hbond substituents is 1. The molecule has 0 radical (unpaired) electrons. The third-order valence-electron chi connectivity index (χ3n) is 4.73. The Morgan fingerprint density at radius 3 is 2.48 bits per heavy atom. The molecule has 3 aromatic rings. The Morgan fingerprint density at radius 2 is 1.83 bits per heavy atom. The summed E-state index contributed by atoms with van der Waals surface area (Å²) in [6.45, 7) is 6.24. The molecule has 0 aliphatic heterocycles. The van der Waals surface area contributed by atoms with Crippen LogP contribution in [0.5, 0.6) is 5.75 Å². The van der Waals surface area contributed by atoms with E-state index >= 15 is 0 Å². The molecule has 0 saturated carbocycles. The highest BCUT2D eigenvalue weighted by Crippen LogP contribution is 2.33. The fraction of sp³-hybridized carbons (Fsp3) is 0.182. The van der Waals surface area contributed by atoms with Crippen LogP contribution in [0.15, 0.2) is 56.5 Å². The summed E-state index contributed by atoms with van der Waals surface area (Å²) >= 11 is 6.45. The van der Waals surface area contributed by atoms with Crippen molar-refractivity contribution in [1.82, 2.24) is 9.99 Å². The second-order valence-corrected chi connectivity index (χ2v) is 8.34. The normalized spacial score (nSPS) is 11.2. The van der Waals surface area contributed by atoms with Crippen LogP contribution in [0.1, 0.15) is 39.8 Å². The van der Waals surface area contributed by atoms with Gasteiger partial charge in [0.05, 0.1) is 15.2 Å². The van der Waals surface area contributed by atoms with Crippen molar-refractivity contribution in [2.75, 3.05) is 0 Å². The van der Waals surface area contributed by atoms with Crippen molar-refractivity contribution in [1.29, 1.82) is 0 Å². The van der Waals surface area contributed by atoms with Crippen LogP contribution in [-0.4, -0.2) is 21.8 Å². The van der Waals surface area contributed by atoms with Crippen molar-refractivity contribution in [3.63, 3.8) is 0 Å². The molecule has 1 aromatic heterocycles. The number of carbonyl (C=O) groups excluding carboxylic acids is 1. The number of benzene rings is 2. The van der Waals surface area contributed by atoms with Crippen LogP contribution in [0, 0.1) is 13.8 Å². The van der Waals surface area contributed by atoms with Gasteiger partial charge in [-0.05, 0) is 82.0 Å². The molecule has 5 nitrogen and oxygen atoms in total. The molecule has 29 heavy (non-hydrogen) atoms. The van der Waals surface area contributed by atoms with Crippen LogP contribution in [-0.2, 0) is 6.42 Å². The average molecular weight is 519 g/mol. The number of para-hydroxylation sites is 1. The number of nitrogens with zero attached hydrogens (tertiary/aromatic N) is 2. The number of carbonyl (C=O) groups is 1. The SMILES string of the molecule is CCc1ccccc1-n1c(C)cc(/C=N\NC(=O)c2cc(Br)c(O)c(Br)c2)c1C. The number of rotatable bonds is 5. The van der Waals surface area contributed by atoms with Crippen molar-refractivity contribution < 1.29 is 9.90 Å². The van der Waals surface area contributed by atoms with E-state index in [1.807, 2.05) is 19.1 Å². The van der Waals surface area contributed by atoms with E-state index in [1.54, 1.807) is 18.3 Å². The Labute approximate surface area is 186 Å². The van der Waals surface area contributed by atoms with Gasteiger partial charge in [-0.2, -0.15) is 5.10 Å².